The summed E-state index contributed by atoms with van der Waals surface area (Å²) in [5.74, 6) is 0. The highest BCUT2D eigenvalue weighted by atomic mass is 19.4. The molecular formula is C18H15F6N. The average molecular weight is 359 g/mol. The number of nitrogens with one attached hydrogen (secondary N) is 1. The Hall–Kier alpha value is -2.18. The number of alkyl halides is 6. The Morgan fingerprint density at radius 2 is 1.44 bits per heavy atom. The Balaban J connectivity index is 1.98. The lowest BCUT2D eigenvalue weighted by molar-refractivity contribution is -0.143. The van der Waals surface area contributed by atoms with E-state index in [1.807, 2.05) is 24.3 Å². The molecule has 0 aromatic heterocycles. The minimum absolute atomic E-state index is 0.139. The van der Waals surface area contributed by atoms with Crippen molar-refractivity contribution in [1.29, 1.82) is 0 Å². The molecule has 0 saturated heterocycles. The third kappa shape index (κ3) is 3.91. The summed E-state index contributed by atoms with van der Waals surface area (Å²) in [5.41, 5.74) is -0.819. The first-order valence-electron chi connectivity index (χ1n) is 7.78. The largest absolute Gasteiger partial charge is 0.416 e. The molecule has 134 valence electrons. The van der Waals surface area contributed by atoms with Crippen molar-refractivity contribution in [1.82, 2.24) is 0 Å². The lowest BCUT2D eigenvalue weighted by atomic mass is 9.87. The van der Waals surface area contributed by atoms with Crippen LogP contribution in [0.4, 0.5) is 32.0 Å². The van der Waals surface area contributed by atoms with Crippen LogP contribution in [0.5, 0.6) is 0 Å². The fourth-order valence-electron chi connectivity index (χ4n) is 3.14. The summed E-state index contributed by atoms with van der Waals surface area (Å²) in [7, 11) is 0. The first-order valence-corrected chi connectivity index (χ1v) is 7.78. The van der Waals surface area contributed by atoms with Crippen molar-refractivity contribution < 1.29 is 26.3 Å². The lowest BCUT2D eigenvalue weighted by Crippen LogP contribution is -2.18. The third-order valence-electron chi connectivity index (χ3n) is 4.30. The molecule has 2 aromatic rings. The second-order valence-electron chi connectivity index (χ2n) is 6.08. The van der Waals surface area contributed by atoms with Crippen molar-refractivity contribution in [2.45, 2.75) is 37.7 Å². The number of halogens is 6. The molecular weight excluding hydrogens is 344 g/mol. The van der Waals surface area contributed by atoms with Gasteiger partial charge in [0, 0.05) is 5.69 Å². The molecule has 1 aliphatic rings. The normalized spacial score (nSPS) is 17.9. The van der Waals surface area contributed by atoms with Crippen molar-refractivity contribution in [3.63, 3.8) is 0 Å². The van der Waals surface area contributed by atoms with E-state index in [2.05, 4.69) is 5.32 Å². The van der Waals surface area contributed by atoms with Crippen molar-refractivity contribution >= 4 is 5.69 Å². The van der Waals surface area contributed by atoms with E-state index < -0.39 is 23.5 Å². The fraction of sp³-hybridized carbons (Fsp3) is 0.333. The maximum atomic E-state index is 13.0. The van der Waals surface area contributed by atoms with Gasteiger partial charge in [0.2, 0.25) is 0 Å². The van der Waals surface area contributed by atoms with Gasteiger partial charge in [-0.05, 0) is 48.6 Å². The Bertz CT molecular complexity index is 731. The third-order valence-corrected chi connectivity index (χ3v) is 4.30. The number of hydrogen-bond donors (Lipinski definition) is 1. The van der Waals surface area contributed by atoms with Gasteiger partial charge in [-0.1, -0.05) is 24.3 Å². The Morgan fingerprint density at radius 3 is 2.04 bits per heavy atom. The minimum atomic E-state index is -4.85. The van der Waals surface area contributed by atoms with E-state index in [9.17, 15) is 26.3 Å². The number of fused-ring (bicyclic) bond motifs is 1. The molecule has 0 fully saturated rings. The molecule has 0 saturated carbocycles. The zero-order chi connectivity index (χ0) is 18.2. The highest BCUT2D eigenvalue weighted by molar-refractivity contribution is 5.53. The van der Waals surface area contributed by atoms with Gasteiger partial charge in [0.05, 0.1) is 17.2 Å². The van der Waals surface area contributed by atoms with Crippen LogP contribution in [0.15, 0.2) is 42.5 Å². The van der Waals surface area contributed by atoms with Crippen LogP contribution in [0, 0.1) is 0 Å². The highest BCUT2D eigenvalue weighted by Gasteiger charge is 2.37. The standard InChI is InChI=1S/C18H15F6N/c19-17(20,21)12-8-13(18(22,23)24)10-14(9-12)25-16-7-3-5-11-4-1-2-6-15(11)16/h1-2,4,6,8-10,16,25H,3,5,7H2. The van der Waals surface area contributed by atoms with Gasteiger partial charge in [0.15, 0.2) is 0 Å². The zero-order valence-electron chi connectivity index (χ0n) is 13.0. The number of anilines is 1. The van der Waals surface area contributed by atoms with Gasteiger partial charge in [0.25, 0.3) is 0 Å². The first-order chi connectivity index (χ1) is 11.6. The van der Waals surface area contributed by atoms with Crippen molar-refractivity contribution in [3.8, 4) is 0 Å². The van der Waals surface area contributed by atoms with Crippen LogP contribution in [-0.4, -0.2) is 0 Å². The molecule has 1 N–H and O–H groups in total. The molecule has 3 rings (SSSR count). The van der Waals surface area contributed by atoms with Crippen molar-refractivity contribution in [2.24, 2.45) is 0 Å². The van der Waals surface area contributed by atoms with Gasteiger partial charge < -0.3 is 5.32 Å². The van der Waals surface area contributed by atoms with E-state index in [0.717, 1.165) is 36.1 Å². The second-order valence-corrected chi connectivity index (χ2v) is 6.08. The number of hydrogen-bond acceptors (Lipinski definition) is 1. The van der Waals surface area contributed by atoms with E-state index in [1.165, 1.54) is 0 Å². The van der Waals surface area contributed by atoms with Gasteiger partial charge >= 0.3 is 12.4 Å². The summed E-state index contributed by atoms with van der Waals surface area (Å²) >= 11 is 0. The van der Waals surface area contributed by atoms with Gasteiger partial charge in [-0.2, -0.15) is 26.3 Å². The van der Waals surface area contributed by atoms with Crippen LogP contribution in [0.2, 0.25) is 0 Å². The molecule has 0 spiro atoms. The molecule has 1 unspecified atom stereocenters. The van der Waals surface area contributed by atoms with Gasteiger partial charge in [0.1, 0.15) is 0 Å². The summed E-state index contributed by atoms with van der Waals surface area (Å²) in [6.45, 7) is 0. The van der Waals surface area contributed by atoms with E-state index in [1.54, 1.807) is 0 Å². The van der Waals surface area contributed by atoms with Crippen LogP contribution >= 0.6 is 0 Å². The van der Waals surface area contributed by atoms with Crippen molar-refractivity contribution in [3.05, 3.63) is 64.7 Å². The molecule has 0 radical (unpaired) electrons. The average Bonchev–Trinajstić information content (AvgIpc) is 2.53. The maximum Gasteiger partial charge on any atom is 0.416 e. The zero-order valence-corrected chi connectivity index (χ0v) is 13.0. The summed E-state index contributed by atoms with van der Waals surface area (Å²) in [6, 6.07) is 8.74. The molecule has 7 heteroatoms. The second kappa shape index (κ2) is 6.28. The fourth-order valence-corrected chi connectivity index (χ4v) is 3.14. The number of aryl methyl sites for hydroxylation is 1. The molecule has 1 nitrogen and oxygen atoms in total. The Labute approximate surface area is 140 Å². The molecule has 1 aliphatic carbocycles. The van der Waals surface area contributed by atoms with Crippen LogP contribution < -0.4 is 5.32 Å². The predicted octanol–water partition coefficient (Wildman–Crippen LogP) is 6.21. The maximum absolute atomic E-state index is 13.0. The summed E-state index contributed by atoms with van der Waals surface area (Å²) in [4.78, 5) is 0. The van der Waals surface area contributed by atoms with Crippen LogP contribution in [0.1, 0.15) is 41.1 Å². The highest BCUT2D eigenvalue weighted by Crippen LogP contribution is 2.39. The Morgan fingerprint density at radius 1 is 0.840 bits per heavy atom. The molecule has 0 aliphatic heterocycles. The Kier molecular flexibility index (Phi) is 4.43. The van der Waals surface area contributed by atoms with E-state index in [-0.39, 0.29) is 17.8 Å². The quantitative estimate of drug-likeness (QED) is 0.628. The van der Waals surface area contributed by atoms with E-state index in [0.29, 0.717) is 6.42 Å². The van der Waals surface area contributed by atoms with Crippen molar-refractivity contribution in [2.75, 3.05) is 5.32 Å². The lowest BCUT2D eigenvalue weighted by Gasteiger charge is -2.28. The van der Waals surface area contributed by atoms with Gasteiger partial charge in [-0.25, -0.2) is 0 Å². The molecule has 0 bridgehead atoms. The SMILES string of the molecule is FC(F)(F)c1cc(NC2CCCc3ccccc32)cc(C(F)(F)F)c1. The van der Waals surface area contributed by atoms with Crippen LogP contribution in [0.3, 0.4) is 0 Å². The topological polar surface area (TPSA) is 12.0 Å². The minimum Gasteiger partial charge on any atom is -0.378 e. The summed E-state index contributed by atoms with van der Waals surface area (Å²) < 4.78 is 77.8. The molecule has 2 aromatic carbocycles. The molecule has 0 amide bonds. The van der Waals surface area contributed by atoms with E-state index >= 15 is 0 Å². The number of benzene rings is 2. The summed E-state index contributed by atoms with van der Waals surface area (Å²) in [5, 5.41) is 2.86. The van der Waals surface area contributed by atoms with Gasteiger partial charge in [-0.15, -0.1) is 0 Å². The molecule has 25 heavy (non-hydrogen) atoms. The predicted molar refractivity (Wildman–Crippen MR) is 82.2 cm³/mol. The smallest absolute Gasteiger partial charge is 0.378 e. The van der Waals surface area contributed by atoms with Crippen LogP contribution in [-0.2, 0) is 18.8 Å². The molecule has 1 atom stereocenters. The van der Waals surface area contributed by atoms with E-state index in [4.69, 9.17) is 0 Å². The summed E-state index contributed by atoms with van der Waals surface area (Å²) in [6.07, 6.45) is -7.37. The first kappa shape index (κ1) is 17.6. The van der Waals surface area contributed by atoms with Crippen LogP contribution in [0.25, 0.3) is 0 Å². The monoisotopic (exact) mass is 359 g/mol. The molecule has 0 heterocycles. The van der Waals surface area contributed by atoms with Gasteiger partial charge in [-0.3, -0.25) is 0 Å². The number of rotatable bonds is 2.